The van der Waals surface area contributed by atoms with Crippen LogP contribution in [0.5, 0.6) is 0 Å². The highest BCUT2D eigenvalue weighted by Gasteiger charge is 2.16. The second-order valence-electron chi connectivity index (χ2n) is 7.28. The zero-order valence-corrected chi connectivity index (χ0v) is 14.8. The van der Waals surface area contributed by atoms with Crippen LogP contribution in [-0.4, -0.2) is 25.8 Å². The number of hydrogen-bond acceptors (Lipinski definition) is 2. The van der Waals surface area contributed by atoms with E-state index in [2.05, 4.69) is 26.1 Å². The van der Waals surface area contributed by atoms with Crippen molar-refractivity contribution >= 4 is 0 Å². The molecule has 0 aromatic carbocycles. The van der Waals surface area contributed by atoms with Gasteiger partial charge in [0.25, 0.3) is 0 Å². The first-order valence-corrected chi connectivity index (χ1v) is 9.54. The fourth-order valence-corrected chi connectivity index (χ4v) is 3.39. The Morgan fingerprint density at radius 2 is 1.67 bits per heavy atom. The number of ether oxygens (including phenoxy) is 1. The highest BCUT2D eigenvalue weighted by atomic mass is 16.5. The Kier molecular flexibility index (Phi) is 11.3. The van der Waals surface area contributed by atoms with E-state index in [1.807, 2.05) is 0 Å². The Balaban J connectivity index is 1.93. The molecule has 0 spiro atoms. The summed E-state index contributed by atoms with van der Waals surface area (Å²) >= 11 is 0. The molecule has 0 amide bonds. The average molecular weight is 298 g/mol. The molecular weight excluding hydrogens is 258 g/mol. The van der Waals surface area contributed by atoms with Crippen LogP contribution in [0.15, 0.2) is 0 Å². The van der Waals surface area contributed by atoms with E-state index in [9.17, 15) is 0 Å². The van der Waals surface area contributed by atoms with Crippen LogP contribution in [-0.2, 0) is 4.74 Å². The predicted octanol–water partition coefficient (Wildman–Crippen LogP) is 5.17. The summed E-state index contributed by atoms with van der Waals surface area (Å²) in [6, 6.07) is 0. The molecule has 0 aliphatic carbocycles. The number of rotatable bonds is 12. The van der Waals surface area contributed by atoms with Crippen molar-refractivity contribution in [2.75, 3.05) is 19.7 Å². The van der Waals surface area contributed by atoms with Crippen molar-refractivity contribution in [3.8, 4) is 0 Å². The topological polar surface area (TPSA) is 21.3 Å². The van der Waals surface area contributed by atoms with Gasteiger partial charge >= 0.3 is 0 Å². The normalized spacial score (nSPS) is 22.1. The van der Waals surface area contributed by atoms with Crippen molar-refractivity contribution in [2.24, 2.45) is 11.8 Å². The smallest absolute Gasteiger partial charge is 0.0702 e. The van der Waals surface area contributed by atoms with Crippen LogP contribution < -0.4 is 5.32 Å². The summed E-state index contributed by atoms with van der Waals surface area (Å²) in [6.07, 6.45) is 14.4. The monoisotopic (exact) mass is 297 g/mol. The van der Waals surface area contributed by atoms with Gasteiger partial charge in [-0.05, 0) is 18.3 Å². The highest BCUT2D eigenvalue weighted by molar-refractivity contribution is 4.70. The molecule has 21 heavy (non-hydrogen) atoms. The van der Waals surface area contributed by atoms with Crippen LogP contribution in [0.4, 0.5) is 0 Å². The van der Waals surface area contributed by atoms with Gasteiger partial charge in [0.05, 0.1) is 12.7 Å². The maximum absolute atomic E-state index is 5.80. The molecule has 3 unspecified atom stereocenters. The van der Waals surface area contributed by atoms with Crippen LogP contribution in [0.2, 0.25) is 0 Å². The summed E-state index contributed by atoms with van der Waals surface area (Å²) in [5.74, 6) is 1.73. The van der Waals surface area contributed by atoms with Gasteiger partial charge in [-0.2, -0.15) is 0 Å². The molecular formula is C19H39NO. The fraction of sp³-hybridized carbons (Fsp3) is 1.00. The third-order valence-corrected chi connectivity index (χ3v) is 4.86. The van der Waals surface area contributed by atoms with Crippen molar-refractivity contribution in [3.05, 3.63) is 0 Å². The second-order valence-corrected chi connectivity index (χ2v) is 7.28. The van der Waals surface area contributed by atoms with Crippen molar-refractivity contribution in [1.29, 1.82) is 0 Å². The summed E-state index contributed by atoms with van der Waals surface area (Å²) in [4.78, 5) is 0. The average Bonchev–Trinajstić information content (AvgIpc) is 2.48. The van der Waals surface area contributed by atoms with Gasteiger partial charge < -0.3 is 10.1 Å². The minimum absolute atomic E-state index is 0.463. The minimum atomic E-state index is 0.463. The Morgan fingerprint density at radius 3 is 2.38 bits per heavy atom. The summed E-state index contributed by atoms with van der Waals surface area (Å²) in [6.45, 7) is 10.1. The van der Waals surface area contributed by atoms with Gasteiger partial charge in [-0.15, -0.1) is 0 Å². The molecule has 1 N–H and O–H groups in total. The summed E-state index contributed by atoms with van der Waals surface area (Å²) < 4.78 is 5.80. The van der Waals surface area contributed by atoms with E-state index in [1.165, 1.54) is 64.2 Å². The maximum atomic E-state index is 5.80. The lowest BCUT2D eigenvalue weighted by molar-refractivity contribution is 0.0140. The first-order valence-electron chi connectivity index (χ1n) is 9.54. The Labute approximate surface area is 133 Å². The van der Waals surface area contributed by atoms with E-state index in [-0.39, 0.29) is 0 Å². The SMILES string of the molecule is CCCCCCCC(C)CCCC(C)CC1CNCCO1. The molecule has 1 fully saturated rings. The summed E-state index contributed by atoms with van der Waals surface area (Å²) in [5, 5.41) is 3.43. The standard InChI is InChI=1S/C19H39NO/c1-4-5-6-7-8-10-17(2)11-9-12-18(3)15-19-16-20-13-14-21-19/h17-20H,4-16H2,1-3H3. The lowest BCUT2D eigenvalue weighted by Gasteiger charge is -2.26. The molecule has 1 aliphatic rings. The van der Waals surface area contributed by atoms with Gasteiger partial charge in [0.15, 0.2) is 0 Å². The Bertz CT molecular complexity index is 226. The van der Waals surface area contributed by atoms with E-state index in [0.29, 0.717) is 6.10 Å². The number of unbranched alkanes of at least 4 members (excludes halogenated alkanes) is 4. The third-order valence-electron chi connectivity index (χ3n) is 4.86. The molecule has 1 saturated heterocycles. The van der Waals surface area contributed by atoms with Crippen LogP contribution >= 0.6 is 0 Å². The van der Waals surface area contributed by atoms with E-state index in [1.54, 1.807) is 0 Å². The zero-order chi connectivity index (χ0) is 15.3. The molecule has 2 heteroatoms. The second kappa shape index (κ2) is 12.5. The summed E-state index contributed by atoms with van der Waals surface area (Å²) in [7, 11) is 0. The zero-order valence-electron chi connectivity index (χ0n) is 14.8. The van der Waals surface area contributed by atoms with E-state index < -0.39 is 0 Å². The van der Waals surface area contributed by atoms with Crippen LogP contribution in [0.25, 0.3) is 0 Å². The number of morpholine rings is 1. The van der Waals surface area contributed by atoms with Crippen molar-refractivity contribution in [2.45, 2.75) is 91.1 Å². The van der Waals surface area contributed by atoms with Gasteiger partial charge in [0.1, 0.15) is 0 Å². The van der Waals surface area contributed by atoms with Crippen LogP contribution in [0, 0.1) is 11.8 Å². The van der Waals surface area contributed by atoms with E-state index in [0.717, 1.165) is 31.5 Å². The van der Waals surface area contributed by atoms with Crippen LogP contribution in [0.1, 0.15) is 85.0 Å². The lowest BCUT2D eigenvalue weighted by Crippen LogP contribution is -2.39. The number of hydrogen-bond donors (Lipinski definition) is 1. The Hall–Kier alpha value is -0.0800. The molecule has 1 aliphatic heterocycles. The molecule has 126 valence electrons. The maximum Gasteiger partial charge on any atom is 0.0702 e. The van der Waals surface area contributed by atoms with Gasteiger partial charge in [-0.25, -0.2) is 0 Å². The first kappa shape index (κ1) is 19.0. The van der Waals surface area contributed by atoms with Crippen LogP contribution in [0.3, 0.4) is 0 Å². The van der Waals surface area contributed by atoms with Gasteiger partial charge in [0.2, 0.25) is 0 Å². The molecule has 0 aromatic rings. The highest BCUT2D eigenvalue weighted by Crippen LogP contribution is 2.21. The van der Waals surface area contributed by atoms with E-state index in [4.69, 9.17) is 4.74 Å². The fourth-order valence-electron chi connectivity index (χ4n) is 3.39. The molecule has 0 radical (unpaired) electrons. The van der Waals surface area contributed by atoms with Crippen molar-refractivity contribution in [3.63, 3.8) is 0 Å². The van der Waals surface area contributed by atoms with E-state index >= 15 is 0 Å². The molecule has 1 rings (SSSR count). The molecule has 0 aromatic heterocycles. The molecule has 2 nitrogen and oxygen atoms in total. The van der Waals surface area contributed by atoms with Crippen molar-refractivity contribution in [1.82, 2.24) is 5.32 Å². The molecule has 1 heterocycles. The number of nitrogens with one attached hydrogen (secondary N) is 1. The predicted molar refractivity (Wildman–Crippen MR) is 92.8 cm³/mol. The first-order chi connectivity index (χ1) is 10.2. The van der Waals surface area contributed by atoms with Gasteiger partial charge in [-0.1, -0.05) is 78.6 Å². The van der Waals surface area contributed by atoms with Gasteiger partial charge in [-0.3, -0.25) is 0 Å². The molecule has 0 saturated carbocycles. The largest absolute Gasteiger partial charge is 0.376 e. The Morgan fingerprint density at radius 1 is 0.952 bits per heavy atom. The quantitative estimate of drug-likeness (QED) is 0.502. The molecule has 0 bridgehead atoms. The molecule has 3 atom stereocenters. The third kappa shape index (κ3) is 10.3. The van der Waals surface area contributed by atoms with Gasteiger partial charge in [0, 0.05) is 13.1 Å². The lowest BCUT2D eigenvalue weighted by atomic mass is 9.92. The van der Waals surface area contributed by atoms with Crippen molar-refractivity contribution < 1.29 is 4.74 Å². The summed E-state index contributed by atoms with van der Waals surface area (Å²) in [5.41, 5.74) is 0. The minimum Gasteiger partial charge on any atom is -0.376 e.